The molecule has 0 spiro atoms. The molecule has 1 rings (SSSR count). The number of nitrogens with zero attached hydrogens (tertiary/aromatic N) is 1. The van der Waals surface area contributed by atoms with Crippen LogP contribution in [0, 0.1) is 0 Å². The molecule has 0 unspecified atom stereocenters. The SMILES string of the molecule is CCC(C)(C)N(C)c1ccc(Cl)cc1C=O. The van der Waals surface area contributed by atoms with Crippen molar-refractivity contribution in [3.05, 3.63) is 28.8 Å². The quantitative estimate of drug-likeness (QED) is 0.746. The molecule has 0 saturated heterocycles. The van der Waals surface area contributed by atoms with E-state index in [4.69, 9.17) is 11.6 Å². The van der Waals surface area contributed by atoms with Gasteiger partial charge in [0.1, 0.15) is 0 Å². The average Bonchev–Trinajstić information content (AvgIpc) is 2.27. The van der Waals surface area contributed by atoms with Gasteiger partial charge < -0.3 is 4.90 Å². The maximum Gasteiger partial charge on any atom is 0.152 e. The standard InChI is InChI=1S/C13H18ClNO/c1-5-13(2,3)15(4)12-7-6-11(14)8-10(12)9-16/h6-9H,5H2,1-4H3. The molecular weight excluding hydrogens is 222 g/mol. The molecule has 0 aliphatic rings. The van der Waals surface area contributed by atoms with Crippen LogP contribution in [0.4, 0.5) is 5.69 Å². The topological polar surface area (TPSA) is 20.3 Å². The summed E-state index contributed by atoms with van der Waals surface area (Å²) >= 11 is 5.87. The Morgan fingerprint density at radius 3 is 2.56 bits per heavy atom. The summed E-state index contributed by atoms with van der Waals surface area (Å²) in [6, 6.07) is 5.40. The predicted octanol–water partition coefficient (Wildman–Crippen LogP) is 3.78. The van der Waals surface area contributed by atoms with E-state index in [2.05, 4.69) is 25.7 Å². The van der Waals surface area contributed by atoms with Gasteiger partial charge in [-0.1, -0.05) is 18.5 Å². The van der Waals surface area contributed by atoms with Gasteiger partial charge in [0.05, 0.1) is 0 Å². The second kappa shape index (κ2) is 4.88. The predicted molar refractivity (Wildman–Crippen MR) is 69.6 cm³/mol. The van der Waals surface area contributed by atoms with E-state index in [1.807, 2.05) is 19.2 Å². The first-order valence-electron chi connectivity index (χ1n) is 5.41. The first-order chi connectivity index (χ1) is 7.42. The van der Waals surface area contributed by atoms with Crippen molar-refractivity contribution in [3.8, 4) is 0 Å². The van der Waals surface area contributed by atoms with Crippen LogP contribution < -0.4 is 4.90 Å². The maximum absolute atomic E-state index is 11.0. The molecule has 0 aromatic heterocycles. The van der Waals surface area contributed by atoms with Crippen LogP contribution in [0.25, 0.3) is 0 Å². The Morgan fingerprint density at radius 2 is 2.06 bits per heavy atom. The van der Waals surface area contributed by atoms with E-state index < -0.39 is 0 Å². The Morgan fingerprint density at radius 1 is 1.44 bits per heavy atom. The molecule has 2 nitrogen and oxygen atoms in total. The summed E-state index contributed by atoms with van der Waals surface area (Å²) in [7, 11) is 2.00. The van der Waals surface area contributed by atoms with E-state index in [-0.39, 0.29) is 5.54 Å². The number of carbonyl (C=O) groups excluding carboxylic acids is 1. The molecule has 1 aromatic carbocycles. The fourth-order valence-electron chi connectivity index (χ4n) is 1.49. The number of carbonyl (C=O) groups is 1. The number of aldehydes is 1. The lowest BCUT2D eigenvalue weighted by atomic mass is 9.98. The van der Waals surface area contributed by atoms with Crippen molar-refractivity contribution in [1.82, 2.24) is 0 Å². The highest BCUT2D eigenvalue weighted by atomic mass is 35.5. The lowest BCUT2D eigenvalue weighted by Crippen LogP contribution is -2.41. The molecule has 0 aliphatic carbocycles. The summed E-state index contributed by atoms with van der Waals surface area (Å²) in [6.45, 7) is 6.43. The van der Waals surface area contributed by atoms with Gasteiger partial charge in [0, 0.05) is 28.9 Å². The summed E-state index contributed by atoms with van der Waals surface area (Å²) < 4.78 is 0. The number of halogens is 1. The van der Waals surface area contributed by atoms with Crippen molar-refractivity contribution in [1.29, 1.82) is 0 Å². The highest BCUT2D eigenvalue weighted by Crippen LogP contribution is 2.28. The Bertz CT molecular complexity index is 388. The van der Waals surface area contributed by atoms with Gasteiger partial charge in [-0.2, -0.15) is 0 Å². The molecule has 0 amide bonds. The van der Waals surface area contributed by atoms with Crippen LogP contribution in [0.3, 0.4) is 0 Å². The van der Waals surface area contributed by atoms with E-state index in [0.29, 0.717) is 10.6 Å². The van der Waals surface area contributed by atoms with Crippen molar-refractivity contribution in [2.75, 3.05) is 11.9 Å². The minimum absolute atomic E-state index is 0.0194. The van der Waals surface area contributed by atoms with E-state index in [0.717, 1.165) is 18.4 Å². The van der Waals surface area contributed by atoms with Crippen LogP contribution >= 0.6 is 11.6 Å². The lowest BCUT2D eigenvalue weighted by molar-refractivity contribution is 0.112. The molecule has 16 heavy (non-hydrogen) atoms. The fourth-order valence-corrected chi connectivity index (χ4v) is 1.67. The summed E-state index contributed by atoms with van der Waals surface area (Å²) in [5.74, 6) is 0. The minimum atomic E-state index is 0.0194. The Labute approximate surface area is 102 Å². The zero-order valence-electron chi connectivity index (χ0n) is 10.2. The van der Waals surface area contributed by atoms with E-state index >= 15 is 0 Å². The van der Waals surface area contributed by atoms with Crippen molar-refractivity contribution >= 4 is 23.6 Å². The molecule has 0 aliphatic heterocycles. The van der Waals surface area contributed by atoms with Crippen molar-refractivity contribution in [2.24, 2.45) is 0 Å². The molecule has 0 N–H and O–H groups in total. The number of anilines is 1. The molecule has 0 fully saturated rings. The molecule has 0 heterocycles. The third-order valence-electron chi connectivity index (χ3n) is 3.25. The van der Waals surface area contributed by atoms with Crippen molar-refractivity contribution in [3.63, 3.8) is 0 Å². The third-order valence-corrected chi connectivity index (χ3v) is 3.49. The van der Waals surface area contributed by atoms with Crippen LogP contribution in [-0.4, -0.2) is 18.9 Å². The zero-order valence-corrected chi connectivity index (χ0v) is 11.0. The molecule has 0 saturated carbocycles. The Balaban J connectivity index is 3.18. The van der Waals surface area contributed by atoms with Gasteiger partial charge in [-0.15, -0.1) is 0 Å². The van der Waals surface area contributed by atoms with Gasteiger partial charge in [0.25, 0.3) is 0 Å². The maximum atomic E-state index is 11.0. The fraction of sp³-hybridized carbons (Fsp3) is 0.462. The molecule has 88 valence electrons. The van der Waals surface area contributed by atoms with Crippen LogP contribution in [0.1, 0.15) is 37.6 Å². The van der Waals surface area contributed by atoms with Gasteiger partial charge in [-0.25, -0.2) is 0 Å². The molecule has 3 heteroatoms. The second-order valence-corrected chi connectivity index (χ2v) is 4.98. The zero-order chi connectivity index (χ0) is 12.3. The van der Waals surface area contributed by atoms with E-state index in [9.17, 15) is 4.79 Å². The lowest BCUT2D eigenvalue weighted by Gasteiger charge is -2.37. The largest absolute Gasteiger partial charge is 0.369 e. The molecular formula is C13H18ClNO. The van der Waals surface area contributed by atoms with Gasteiger partial charge >= 0.3 is 0 Å². The molecule has 1 aromatic rings. The van der Waals surface area contributed by atoms with Crippen LogP contribution in [-0.2, 0) is 0 Å². The molecule has 0 bridgehead atoms. The van der Waals surface area contributed by atoms with Crippen molar-refractivity contribution < 1.29 is 4.79 Å². The summed E-state index contributed by atoms with van der Waals surface area (Å²) in [5, 5.41) is 0.591. The van der Waals surface area contributed by atoms with Gasteiger partial charge in [-0.3, -0.25) is 4.79 Å². The molecule has 0 atom stereocenters. The number of hydrogen-bond acceptors (Lipinski definition) is 2. The number of rotatable bonds is 4. The minimum Gasteiger partial charge on any atom is -0.369 e. The summed E-state index contributed by atoms with van der Waals surface area (Å²) in [6.07, 6.45) is 1.86. The van der Waals surface area contributed by atoms with Crippen LogP contribution in [0.5, 0.6) is 0 Å². The first kappa shape index (κ1) is 13.0. The summed E-state index contributed by atoms with van der Waals surface area (Å²) in [4.78, 5) is 13.1. The third kappa shape index (κ3) is 2.56. The molecule has 0 radical (unpaired) electrons. The average molecular weight is 240 g/mol. The number of benzene rings is 1. The Kier molecular flexibility index (Phi) is 3.98. The van der Waals surface area contributed by atoms with E-state index in [1.54, 1.807) is 6.07 Å². The van der Waals surface area contributed by atoms with Gasteiger partial charge in [-0.05, 0) is 38.5 Å². The monoisotopic (exact) mass is 239 g/mol. The van der Waals surface area contributed by atoms with Gasteiger partial charge in [0.2, 0.25) is 0 Å². The van der Waals surface area contributed by atoms with Crippen LogP contribution in [0.2, 0.25) is 5.02 Å². The van der Waals surface area contributed by atoms with Crippen molar-refractivity contribution in [2.45, 2.75) is 32.7 Å². The van der Waals surface area contributed by atoms with E-state index in [1.165, 1.54) is 0 Å². The Hall–Kier alpha value is -1.02. The highest BCUT2D eigenvalue weighted by Gasteiger charge is 2.23. The second-order valence-electron chi connectivity index (χ2n) is 4.55. The number of hydrogen-bond donors (Lipinski definition) is 0. The normalized spacial score (nSPS) is 11.3. The highest BCUT2D eigenvalue weighted by molar-refractivity contribution is 6.31. The van der Waals surface area contributed by atoms with Gasteiger partial charge in [0.15, 0.2) is 6.29 Å². The van der Waals surface area contributed by atoms with Crippen LogP contribution in [0.15, 0.2) is 18.2 Å². The first-order valence-corrected chi connectivity index (χ1v) is 5.78. The summed E-state index contributed by atoms with van der Waals surface area (Å²) in [5.41, 5.74) is 1.58. The smallest absolute Gasteiger partial charge is 0.152 e.